The van der Waals surface area contributed by atoms with Crippen molar-refractivity contribution in [3.8, 4) is 0 Å². The Kier molecular flexibility index (Phi) is 6.58. The average Bonchev–Trinajstić information content (AvgIpc) is 2.50. The number of nitro benzene ring substituents is 1. The summed E-state index contributed by atoms with van der Waals surface area (Å²) in [5.74, 6) is -2.18. The van der Waals surface area contributed by atoms with Gasteiger partial charge in [-0.15, -0.1) is 11.8 Å². The Bertz CT molecular complexity index is 651. The smallest absolute Gasteiger partial charge is 0.405 e. The molecule has 0 aromatic heterocycles. The predicted molar refractivity (Wildman–Crippen MR) is 78.8 cm³/mol. The molecule has 24 heavy (non-hydrogen) atoms. The number of hydrogen-bond donors (Lipinski definition) is 1. The van der Waals surface area contributed by atoms with Gasteiger partial charge in [0.15, 0.2) is 6.10 Å². The van der Waals surface area contributed by atoms with E-state index in [-0.39, 0.29) is 11.3 Å². The number of rotatable bonds is 6. The fourth-order valence-electron chi connectivity index (χ4n) is 1.57. The van der Waals surface area contributed by atoms with Crippen LogP contribution in [0.5, 0.6) is 0 Å². The van der Waals surface area contributed by atoms with Crippen LogP contribution >= 0.6 is 11.8 Å². The summed E-state index contributed by atoms with van der Waals surface area (Å²) in [6.07, 6.45) is -4.46. The summed E-state index contributed by atoms with van der Waals surface area (Å²) in [6.45, 7) is -0.462. The first-order valence-corrected chi connectivity index (χ1v) is 7.65. The number of carbonyl (C=O) groups excluding carboxylic acids is 2. The van der Waals surface area contributed by atoms with E-state index in [4.69, 9.17) is 4.74 Å². The lowest BCUT2D eigenvalue weighted by Crippen LogP contribution is -2.40. The molecule has 0 spiro atoms. The Labute approximate surface area is 138 Å². The minimum Gasteiger partial charge on any atom is -0.449 e. The molecule has 1 aromatic rings. The number of amides is 1. The molecular formula is C13H13F3N2O5S. The molecule has 0 heterocycles. The molecule has 7 nitrogen and oxygen atoms in total. The topological polar surface area (TPSA) is 98.5 Å². The number of carbonyl (C=O) groups is 2. The largest absolute Gasteiger partial charge is 0.449 e. The van der Waals surface area contributed by atoms with Gasteiger partial charge in [0.2, 0.25) is 0 Å². The van der Waals surface area contributed by atoms with Crippen LogP contribution in [0.15, 0.2) is 23.1 Å². The maximum atomic E-state index is 12.0. The lowest BCUT2D eigenvalue weighted by atomic mass is 10.2. The highest BCUT2D eigenvalue weighted by Crippen LogP contribution is 2.28. The second-order valence-corrected chi connectivity index (χ2v) is 5.37. The van der Waals surface area contributed by atoms with Gasteiger partial charge in [-0.1, -0.05) is 0 Å². The number of nitro groups is 1. The SMILES string of the molecule is CSc1ccc(C(=O)O[C@H](C)C(=O)NCC(F)(F)F)cc1[N+](=O)[O-]. The van der Waals surface area contributed by atoms with Gasteiger partial charge in [-0.2, -0.15) is 13.2 Å². The van der Waals surface area contributed by atoms with Gasteiger partial charge in [-0.25, -0.2) is 4.79 Å². The number of halogens is 3. The molecule has 1 N–H and O–H groups in total. The van der Waals surface area contributed by atoms with Crippen LogP contribution in [0.2, 0.25) is 0 Å². The number of hydrogen-bond acceptors (Lipinski definition) is 6. The summed E-state index contributed by atoms with van der Waals surface area (Å²) in [5.41, 5.74) is -0.499. The number of esters is 1. The van der Waals surface area contributed by atoms with Gasteiger partial charge in [-0.3, -0.25) is 14.9 Å². The van der Waals surface area contributed by atoms with Crippen molar-refractivity contribution in [2.75, 3.05) is 12.8 Å². The number of nitrogens with one attached hydrogen (secondary N) is 1. The minimum absolute atomic E-state index is 0.185. The monoisotopic (exact) mass is 366 g/mol. The van der Waals surface area contributed by atoms with Crippen LogP contribution in [0.4, 0.5) is 18.9 Å². The molecule has 1 aromatic carbocycles. The number of ether oxygens (including phenoxy) is 1. The Hall–Kier alpha value is -2.30. The average molecular weight is 366 g/mol. The molecule has 1 amide bonds. The summed E-state index contributed by atoms with van der Waals surface area (Å²) in [4.78, 5) is 33.9. The van der Waals surface area contributed by atoms with Gasteiger partial charge < -0.3 is 10.1 Å². The third-order valence-electron chi connectivity index (χ3n) is 2.73. The molecule has 1 rings (SSSR count). The molecule has 0 bridgehead atoms. The van der Waals surface area contributed by atoms with Crippen molar-refractivity contribution in [2.45, 2.75) is 24.1 Å². The van der Waals surface area contributed by atoms with Gasteiger partial charge in [0, 0.05) is 6.07 Å². The van der Waals surface area contributed by atoms with E-state index < -0.39 is 35.6 Å². The van der Waals surface area contributed by atoms with Crippen molar-refractivity contribution >= 4 is 29.3 Å². The highest BCUT2D eigenvalue weighted by atomic mass is 32.2. The third-order valence-corrected chi connectivity index (χ3v) is 3.51. The van der Waals surface area contributed by atoms with E-state index in [2.05, 4.69) is 0 Å². The van der Waals surface area contributed by atoms with Crippen LogP contribution in [0.1, 0.15) is 17.3 Å². The highest BCUT2D eigenvalue weighted by Gasteiger charge is 2.29. The summed E-state index contributed by atoms with van der Waals surface area (Å²) in [7, 11) is 0. The van der Waals surface area contributed by atoms with Crippen LogP contribution in [0, 0.1) is 10.1 Å². The normalized spacial score (nSPS) is 12.4. The van der Waals surface area contributed by atoms with Crippen molar-refractivity contribution in [1.82, 2.24) is 5.32 Å². The number of benzene rings is 1. The summed E-state index contributed by atoms with van der Waals surface area (Å²) in [5, 5.41) is 12.5. The molecule has 0 aliphatic rings. The zero-order valence-electron chi connectivity index (χ0n) is 12.5. The van der Waals surface area contributed by atoms with Crippen LogP contribution in [-0.4, -0.2) is 41.9 Å². The second kappa shape index (κ2) is 7.99. The van der Waals surface area contributed by atoms with Crippen LogP contribution in [0.25, 0.3) is 0 Å². The predicted octanol–water partition coefficient (Wildman–Crippen LogP) is 2.54. The van der Waals surface area contributed by atoms with Crippen molar-refractivity contribution in [1.29, 1.82) is 0 Å². The Morgan fingerprint density at radius 2 is 2.04 bits per heavy atom. The first-order chi connectivity index (χ1) is 11.0. The summed E-state index contributed by atoms with van der Waals surface area (Å²) >= 11 is 1.11. The van der Waals surface area contributed by atoms with E-state index in [9.17, 15) is 32.9 Å². The molecule has 0 saturated carbocycles. The maximum Gasteiger partial charge on any atom is 0.405 e. The number of thioether (sulfide) groups is 1. The van der Waals surface area contributed by atoms with Crippen LogP contribution in [-0.2, 0) is 9.53 Å². The first-order valence-electron chi connectivity index (χ1n) is 6.43. The van der Waals surface area contributed by atoms with Gasteiger partial charge in [-0.05, 0) is 25.3 Å². The summed E-state index contributed by atoms with van der Waals surface area (Å²) in [6, 6.07) is 3.59. The first kappa shape index (κ1) is 19.7. The van der Waals surface area contributed by atoms with E-state index in [0.717, 1.165) is 24.8 Å². The highest BCUT2D eigenvalue weighted by molar-refractivity contribution is 7.98. The van der Waals surface area contributed by atoms with Gasteiger partial charge in [0.05, 0.1) is 15.4 Å². The molecular weight excluding hydrogens is 353 g/mol. The zero-order valence-corrected chi connectivity index (χ0v) is 13.4. The van der Waals surface area contributed by atoms with Gasteiger partial charge >= 0.3 is 12.1 Å². The van der Waals surface area contributed by atoms with Crippen LogP contribution in [0.3, 0.4) is 0 Å². The summed E-state index contributed by atoms with van der Waals surface area (Å²) < 4.78 is 40.8. The fourth-order valence-corrected chi connectivity index (χ4v) is 2.12. The molecule has 132 valence electrons. The molecule has 0 aliphatic heterocycles. The number of alkyl halides is 3. The maximum absolute atomic E-state index is 12.0. The quantitative estimate of drug-likeness (QED) is 0.360. The van der Waals surface area contributed by atoms with E-state index in [1.807, 2.05) is 0 Å². The lowest BCUT2D eigenvalue weighted by Gasteiger charge is -2.14. The van der Waals surface area contributed by atoms with E-state index in [1.54, 1.807) is 11.6 Å². The Morgan fingerprint density at radius 1 is 1.42 bits per heavy atom. The number of nitrogens with zero attached hydrogens (tertiary/aromatic N) is 1. The zero-order chi connectivity index (χ0) is 18.5. The van der Waals surface area contributed by atoms with E-state index in [0.29, 0.717) is 4.90 Å². The van der Waals surface area contributed by atoms with Gasteiger partial charge in [0.25, 0.3) is 11.6 Å². The van der Waals surface area contributed by atoms with Crippen LogP contribution < -0.4 is 5.32 Å². The molecule has 0 aliphatic carbocycles. The van der Waals surface area contributed by atoms with Crippen molar-refractivity contribution in [3.05, 3.63) is 33.9 Å². The second-order valence-electron chi connectivity index (χ2n) is 4.52. The molecule has 1 atom stereocenters. The Morgan fingerprint density at radius 3 is 2.54 bits per heavy atom. The fraction of sp³-hybridized carbons (Fsp3) is 0.385. The van der Waals surface area contributed by atoms with Crippen molar-refractivity contribution in [3.63, 3.8) is 0 Å². The van der Waals surface area contributed by atoms with Gasteiger partial charge in [0.1, 0.15) is 6.54 Å². The van der Waals surface area contributed by atoms with E-state index in [1.165, 1.54) is 12.1 Å². The minimum atomic E-state index is -4.59. The molecule has 0 unspecified atom stereocenters. The van der Waals surface area contributed by atoms with E-state index >= 15 is 0 Å². The van der Waals surface area contributed by atoms with Crippen molar-refractivity contribution < 1.29 is 32.4 Å². The lowest BCUT2D eigenvalue weighted by molar-refractivity contribution is -0.387. The van der Waals surface area contributed by atoms with Crippen molar-refractivity contribution in [2.24, 2.45) is 0 Å². The Balaban J connectivity index is 2.79. The third kappa shape index (κ3) is 5.72. The molecule has 0 fully saturated rings. The molecule has 0 radical (unpaired) electrons. The molecule has 0 saturated heterocycles. The molecule has 11 heteroatoms. The standard InChI is InChI=1S/C13H13F3N2O5S/c1-7(11(19)17-6-13(14,15)16)23-12(20)8-3-4-10(24-2)9(5-8)18(21)22/h3-5,7H,6H2,1-2H3,(H,17,19)/t7-/m1/s1.